The minimum Gasteiger partial charge on any atom is -0.388 e. The molecule has 5 N–H and O–H groups in total. The lowest BCUT2D eigenvalue weighted by Gasteiger charge is -2.38. The van der Waals surface area contributed by atoms with E-state index in [1.807, 2.05) is 0 Å². The molecule has 6 nitrogen and oxygen atoms in total. The van der Waals surface area contributed by atoms with Crippen molar-refractivity contribution in [1.82, 2.24) is 5.32 Å². The highest BCUT2D eigenvalue weighted by Crippen LogP contribution is 2.18. The normalized spacial score (nSPS) is 46.4. The van der Waals surface area contributed by atoms with E-state index in [1.54, 1.807) is 7.05 Å². The zero-order chi connectivity index (χ0) is 10.0. The van der Waals surface area contributed by atoms with Crippen molar-refractivity contribution in [3.05, 3.63) is 0 Å². The van der Waals surface area contributed by atoms with Crippen molar-refractivity contribution in [3.63, 3.8) is 0 Å². The summed E-state index contributed by atoms with van der Waals surface area (Å²) in [4.78, 5) is 0. The molecule has 1 aliphatic rings. The smallest absolute Gasteiger partial charge is 0.184 e. The predicted molar refractivity (Wildman–Crippen MR) is 42.8 cm³/mol. The summed E-state index contributed by atoms with van der Waals surface area (Å²) in [6.45, 7) is 0.294. The molecule has 0 aromatic carbocycles. The van der Waals surface area contributed by atoms with Crippen LogP contribution in [0.5, 0.6) is 0 Å². The van der Waals surface area contributed by atoms with Gasteiger partial charge in [0.1, 0.15) is 24.4 Å². The Morgan fingerprint density at radius 1 is 1.08 bits per heavy atom. The summed E-state index contributed by atoms with van der Waals surface area (Å²) < 4.78 is 4.85. The van der Waals surface area contributed by atoms with Gasteiger partial charge >= 0.3 is 0 Å². The first-order valence-corrected chi connectivity index (χ1v) is 4.10. The molecule has 1 fully saturated rings. The minimum absolute atomic E-state index is 0.294. The van der Waals surface area contributed by atoms with Crippen molar-refractivity contribution < 1.29 is 25.2 Å². The van der Waals surface area contributed by atoms with Crippen molar-refractivity contribution >= 4 is 0 Å². The third kappa shape index (κ3) is 2.16. The van der Waals surface area contributed by atoms with Crippen molar-refractivity contribution in [2.45, 2.75) is 30.7 Å². The second kappa shape index (κ2) is 4.32. The molecule has 78 valence electrons. The van der Waals surface area contributed by atoms with E-state index in [0.29, 0.717) is 6.54 Å². The Balaban J connectivity index is 2.59. The van der Waals surface area contributed by atoms with Crippen LogP contribution in [0.15, 0.2) is 0 Å². The molecular formula is C7H15NO5. The second-order valence-electron chi connectivity index (χ2n) is 3.09. The van der Waals surface area contributed by atoms with Gasteiger partial charge in [-0.15, -0.1) is 0 Å². The largest absolute Gasteiger partial charge is 0.388 e. The van der Waals surface area contributed by atoms with Gasteiger partial charge in [-0.3, -0.25) is 0 Å². The van der Waals surface area contributed by atoms with E-state index in [0.717, 1.165) is 0 Å². The van der Waals surface area contributed by atoms with Gasteiger partial charge in [-0.25, -0.2) is 0 Å². The van der Waals surface area contributed by atoms with Gasteiger partial charge in [-0.05, 0) is 7.05 Å². The Labute approximate surface area is 75.8 Å². The lowest BCUT2D eigenvalue weighted by atomic mass is 9.99. The van der Waals surface area contributed by atoms with Gasteiger partial charge in [0, 0.05) is 6.54 Å². The molecule has 0 amide bonds. The summed E-state index contributed by atoms with van der Waals surface area (Å²) in [6, 6.07) is 0. The number of hydrogen-bond donors (Lipinski definition) is 5. The molecule has 1 rings (SSSR count). The number of aliphatic hydroxyl groups excluding tert-OH is 4. The Morgan fingerprint density at radius 2 is 1.69 bits per heavy atom. The average Bonchev–Trinajstić information content (AvgIpc) is 2.11. The number of ether oxygens (including phenoxy) is 1. The maximum Gasteiger partial charge on any atom is 0.184 e. The number of rotatable bonds is 2. The Hall–Kier alpha value is -0.240. The topological polar surface area (TPSA) is 102 Å². The number of aliphatic hydroxyl groups is 4. The minimum atomic E-state index is -1.46. The van der Waals surface area contributed by atoms with Gasteiger partial charge in [0.25, 0.3) is 0 Å². The lowest BCUT2D eigenvalue weighted by Crippen LogP contribution is -2.59. The average molecular weight is 193 g/mol. The van der Waals surface area contributed by atoms with Gasteiger partial charge in [-0.1, -0.05) is 0 Å². The lowest BCUT2D eigenvalue weighted by molar-refractivity contribution is -0.280. The molecule has 0 aromatic rings. The van der Waals surface area contributed by atoms with Crippen LogP contribution in [-0.4, -0.2) is 64.7 Å². The monoisotopic (exact) mass is 193 g/mol. The van der Waals surface area contributed by atoms with Gasteiger partial charge in [0.05, 0.1) is 0 Å². The Bertz CT molecular complexity index is 167. The fraction of sp³-hybridized carbons (Fsp3) is 1.00. The van der Waals surface area contributed by atoms with Crippen LogP contribution < -0.4 is 5.32 Å². The van der Waals surface area contributed by atoms with Crippen LogP contribution in [0.4, 0.5) is 0 Å². The first kappa shape index (κ1) is 10.8. The van der Waals surface area contributed by atoms with Gasteiger partial charge in [-0.2, -0.15) is 0 Å². The number of nitrogens with one attached hydrogen (secondary N) is 1. The molecule has 5 atom stereocenters. The van der Waals surface area contributed by atoms with Crippen molar-refractivity contribution in [3.8, 4) is 0 Å². The SMILES string of the molecule is CNCC1OC(O)C(O)C(O)[C@@H]1O. The molecule has 0 radical (unpaired) electrons. The van der Waals surface area contributed by atoms with Crippen LogP contribution >= 0.6 is 0 Å². The summed E-state index contributed by atoms with van der Waals surface area (Å²) >= 11 is 0. The first-order valence-electron chi connectivity index (χ1n) is 4.10. The van der Waals surface area contributed by atoms with E-state index < -0.39 is 30.7 Å². The maximum absolute atomic E-state index is 9.37. The Kier molecular flexibility index (Phi) is 3.60. The fourth-order valence-corrected chi connectivity index (χ4v) is 1.30. The van der Waals surface area contributed by atoms with E-state index in [4.69, 9.17) is 14.9 Å². The molecule has 0 saturated carbocycles. The third-order valence-corrected chi connectivity index (χ3v) is 2.09. The van der Waals surface area contributed by atoms with E-state index in [9.17, 15) is 10.2 Å². The molecule has 13 heavy (non-hydrogen) atoms. The van der Waals surface area contributed by atoms with Gasteiger partial charge < -0.3 is 30.5 Å². The van der Waals surface area contributed by atoms with Crippen LogP contribution in [0.2, 0.25) is 0 Å². The first-order chi connectivity index (χ1) is 6.07. The predicted octanol–water partition coefficient (Wildman–Crippen LogP) is -2.99. The molecule has 1 aliphatic heterocycles. The van der Waals surface area contributed by atoms with Crippen molar-refractivity contribution in [2.24, 2.45) is 0 Å². The summed E-state index contributed by atoms with van der Waals surface area (Å²) in [6.07, 6.45) is -6.17. The van der Waals surface area contributed by atoms with Crippen LogP contribution in [0, 0.1) is 0 Å². The highest BCUT2D eigenvalue weighted by atomic mass is 16.6. The maximum atomic E-state index is 9.37. The van der Waals surface area contributed by atoms with E-state index in [-0.39, 0.29) is 0 Å². The molecule has 1 saturated heterocycles. The van der Waals surface area contributed by atoms with Gasteiger partial charge in [0.15, 0.2) is 6.29 Å². The van der Waals surface area contributed by atoms with Gasteiger partial charge in [0.2, 0.25) is 0 Å². The highest BCUT2D eigenvalue weighted by molar-refractivity contribution is 4.89. The number of hydrogen-bond acceptors (Lipinski definition) is 6. The second-order valence-corrected chi connectivity index (χ2v) is 3.09. The number of likely N-dealkylation sites (N-methyl/N-ethyl adjacent to an activating group) is 1. The van der Waals surface area contributed by atoms with Crippen molar-refractivity contribution in [2.75, 3.05) is 13.6 Å². The molecule has 0 aromatic heterocycles. The van der Waals surface area contributed by atoms with Crippen LogP contribution in [-0.2, 0) is 4.74 Å². The molecule has 1 heterocycles. The Morgan fingerprint density at radius 3 is 2.23 bits per heavy atom. The highest BCUT2D eigenvalue weighted by Gasteiger charge is 2.42. The van der Waals surface area contributed by atoms with E-state index in [1.165, 1.54) is 0 Å². The molecule has 0 spiro atoms. The molecule has 4 unspecified atom stereocenters. The molecule has 6 heteroatoms. The summed E-state index contributed by atoms with van der Waals surface area (Å²) in [7, 11) is 1.65. The fourth-order valence-electron chi connectivity index (χ4n) is 1.30. The zero-order valence-corrected chi connectivity index (χ0v) is 7.29. The van der Waals surface area contributed by atoms with E-state index >= 15 is 0 Å². The summed E-state index contributed by atoms with van der Waals surface area (Å²) in [5, 5.41) is 39.5. The zero-order valence-electron chi connectivity index (χ0n) is 7.29. The summed E-state index contributed by atoms with van der Waals surface area (Å²) in [5.74, 6) is 0. The summed E-state index contributed by atoms with van der Waals surface area (Å²) in [5.41, 5.74) is 0. The molecular weight excluding hydrogens is 178 g/mol. The van der Waals surface area contributed by atoms with E-state index in [2.05, 4.69) is 5.32 Å². The quantitative estimate of drug-likeness (QED) is 0.320. The standard InChI is InChI=1S/C7H15NO5/c1-8-2-3-4(9)5(10)6(11)7(12)13-3/h3-12H,2H2,1H3/t3?,4-,5?,6?,7?/m1/s1. The third-order valence-electron chi connectivity index (χ3n) is 2.09. The van der Waals surface area contributed by atoms with Crippen LogP contribution in [0.3, 0.4) is 0 Å². The van der Waals surface area contributed by atoms with Crippen molar-refractivity contribution in [1.29, 1.82) is 0 Å². The molecule has 0 bridgehead atoms. The van der Waals surface area contributed by atoms with Crippen LogP contribution in [0.1, 0.15) is 0 Å². The molecule has 0 aliphatic carbocycles. The van der Waals surface area contributed by atoms with Crippen LogP contribution in [0.25, 0.3) is 0 Å².